The third-order valence-electron chi connectivity index (χ3n) is 3.68. The highest BCUT2D eigenvalue weighted by atomic mass is 79.9. The van der Waals surface area contributed by atoms with E-state index in [1.54, 1.807) is 18.2 Å². The van der Waals surface area contributed by atoms with Crippen molar-refractivity contribution in [2.24, 2.45) is 0 Å². The summed E-state index contributed by atoms with van der Waals surface area (Å²) in [5.74, 6) is 0.138. The molecule has 29 heavy (non-hydrogen) atoms. The zero-order valence-corrected chi connectivity index (χ0v) is 17.4. The first-order valence-corrected chi connectivity index (χ1v) is 9.64. The largest absolute Gasteiger partial charge is 0.483 e. The van der Waals surface area contributed by atoms with Crippen LogP contribution in [0.4, 0.5) is 0 Å². The van der Waals surface area contributed by atoms with Crippen LogP contribution in [0.25, 0.3) is 16.8 Å². The topological polar surface area (TPSA) is 92.6 Å². The fourth-order valence-electron chi connectivity index (χ4n) is 2.36. The molecule has 0 aliphatic heterocycles. The molecule has 148 valence electrons. The van der Waals surface area contributed by atoms with Gasteiger partial charge in [0.25, 0.3) is 5.91 Å². The highest BCUT2D eigenvalue weighted by molar-refractivity contribution is 9.10. The second-order valence-electron chi connectivity index (χ2n) is 5.73. The molecule has 3 aromatic rings. The molecule has 7 nitrogen and oxygen atoms in total. The Morgan fingerprint density at radius 1 is 1.10 bits per heavy atom. The molecule has 0 aliphatic carbocycles. The van der Waals surface area contributed by atoms with E-state index < -0.39 is 11.8 Å². The maximum absolute atomic E-state index is 11.9. The van der Waals surface area contributed by atoms with E-state index in [1.807, 2.05) is 30.3 Å². The molecule has 1 heterocycles. The van der Waals surface area contributed by atoms with Gasteiger partial charge in [-0.3, -0.25) is 25.8 Å². The number of halogens is 1. The minimum Gasteiger partial charge on any atom is -0.483 e. The van der Waals surface area contributed by atoms with Crippen molar-refractivity contribution < 1.29 is 18.7 Å². The SMILES string of the molecule is O=C(C=Cc1ccco1)NC(=S)NNC(=O)COc1ccc2ccccc2c1Br. The first kappa shape index (κ1) is 20.6. The van der Waals surface area contributed by atoms with Crippen LogP contribution >= 0.6 is 28.1 Å². The van der Waals surface area contributed by atoms with E-state index in [4.69, 9.17) is 21.4 Å². The Morgan fingerprint density at radius 2 is 1.93 bits per heavy atom. The van der Waals surface area contributed by atoms with Crippen molar-refractivity contribution in [2.45, 2.75) is 0 Å². The molecule has 0 bridgehead atoms. The van der Waals surface area contributed by atoms with E-state index in [1.165, 1.54) is 18.4 Å². The number of hydrogen-bond acceptors (Lipinski definition) is 5. The molecule has 1 aromatic heterocycles. The van der Waals surface area contributed by atoms with Crippen LogP contribution in [-0.4, -0.2) is 23.5 Å². The Bertz CT molecular complexity index is 1070. The van der Waals surface area contributed by atoms with Crippen LogP contribution < -0.4 is 20.9 Å². The Hall–Kier alpha value is -3.17. The lowest BCUT2D eigenvalue weighted by atomic mass is 10.1. The second-order valence-corrected chi connectivity index (χ2v) is 6.93. The Balaban J connectivity index is 1.43. The van der Waals surface area contributed by atoms with Crippen molar-refractivity contribution in [2.75, 3.05) is 6.61 Å². The van der Waals surface area contributed by atoms with Gasteiger partial charge in [0.1, 0.15) is 11.5 Å². The van der Waals surface area contributed by atoms with Crippen molar-refractivity contribution >= 4 is 61.9 Å². The summed E-state index contributed by atoms with van der Waals surface area (Å²) in [6, 6.07) is 14.9. The van der Waals surface area contributed by atoms with Crippen molar-refractivity contribution in [3.05, 3.63) is 71.1 Å². The van der Waals surface area contributed by atoms with Gasteiger partial charge in [0.2, 0.25) is 5.91 Å². The summed E-state index contributed by atoms with van der Waals surface area (Å²) in [4.78, 5) is 23.7. The van der Waals surface area contributed by atoms with Gasteiger partial charge in [0.05, 0.1) is 10.7 Å². The summed E-state index contributed by atoms with van der Waals surface area (Å²) in [5, 5.41) is 4.37. The monoisotopic (exact) mass is 473 g/mol. The molecule has 2 aromatic carbocycles. The first-order chi connectivity index (χ1) is 14.0. The van der Waals surface area contributed by atoms with E-state index in [-0.39, 0.29) is 11.7 Å². The van der Waals surface area contributed by atoms with Gasteiger partial charge < -0.3 is 9.15 Å². The number of hydrogen-bond donors (Lipinski definition) is 3. The molecule has 2 amide bonds. The van der Waals surface area contributed by atoms with Crippen molar-refractivity contribution in [1.29, 1.82) is 0 Å². The lowest BCUT2D eigenvalue weighted by Crippen LogP contribution is -2.49. The number of carbonyl (C=O) groups excluding carboxylic acids is 2. The summed E-state index contributed by atoms with van der Waals surface area (Å²) >= 11 is 8.45. The number of thiocarbonyl (C=S) groups is 1. The minimum atomic E-state index is -0.468. The molecule has 0 saturated heterocycles. The molecule has 9 heteroatoms. The Kier molecular flexibility index (Phi) is 6.99. The molecule has 0 unspecified atom stereocenters. The van der Waals surface area contributed by atoms with E-state index in [2.05, 4.69) is 32.1 Å². The smallest absolute Gasteiger partial charge is 0.276 e. The van der Waals surface area contributed by atoms with Gasteiger partial charge in [-0.15, -0.1) is 0 Å². The third-order valence-corrected chi connectivity index (χ3v) is 4.70. The molecule has 3 rings (SSSR count). The average molecular weight is 474 g/mol. The van der Waals surface area contributed by atoms with Gasteiger partial charge >= 0.3 is 0 Å². The van der Waals surface area contributed by atoms with Crippen LogP contribution in [0.1, 0.15) is 5.76 Å². The van der Waals surface area contributed by atoms with Crippen LogP contribution in [0.2, 0.25) is 0 Å². The zero-order chi connectivity index (χ0) is 20.6. The fraction of sp³-hybridized carbons (Fsp3) is 0.0500. The molecule has 0 radical (unpaired) electrons. The van der Waals surface area contributed by atoms with E-state index in [0.29, 0.717) is 11.5 Å². The number of amides is 2. The van der Waals surface area contributed by atoms with Crippen molar-refractivity contribution in [1.82, 2.24) is 16.2 Å². The third kappa shape index (κ3) is 5.90. The number of rotatable bonds is 5. The number of ether oxygens (including phenoxy) is 1. The fourth-order valence-corrected chi connectivity index (χ4v) is 3.12. The maximum Gasteiger partial charge on any atom is 0.276 e. The summed E-state index contributed by atoms with van der Waals surface area (Å²) in [5.41, 5.74) is 4.79. The number of fused-ring (bicyclic) bond motifs is 1. The number of carbonyl (C=O) groups is 2. The molecular weight excluding hydrogens is 458 g/mol. The van der Waals surface area contributed by atoms with E-state index >= 15 is 0 Å². The van der Waals surface area contributed by atoms with Crippen LogP contribution in [-0.2, 0) is 9.59 Å². The van der Waals surface area contributed by atoms with Crippen LogP contribution in [0.5, 0.6) is 5.75 Å². The number of benzene rings is 2. The second kappa shape index (κ2) is 9.85. The van der Waals surface area contributed by atoms with Gasteiger partial charge in [-0.05, 0) is 63.2 Å². The highest BCUT2D eigenvalue weighted by Gasteiger charge is 2.09. The molecular formula is C20H16BrN3O4S. The van der Waals surface area contributed by atoms with Gasteiger partial charge in [0.15, 0.2) is 11.7 Å². The van der Waals surface area contributed by atoms with Gasteiger partial charge in [0, 0.05) is 6.08 Å². The summed E-state index contributed by atoms with van der Waals surface area (Å²) < 4.78 is 11.4. The lowest BCUT2D eigenvalue weighted by Gasteiger charge is -2.12. The highest BCUT2D eigenvalue weighted by Crippen LogP contribution is 2.32. The Morgan fingerprint density at radius 3 is 2.72 bits per heavy atom. The summed E-state index contributed by atoms with van der Waals surface area (Å²) in [7, 11) is 0. The number of nitrogens with one attached hydrogen (secondary N) is 3. The van der Waals surface area contributed by atoms with E-state index in [9.17, 15) is 9.59 Å². The molecule has 0 aliphatic rings. The normalized spacial score (nSPS) is 10.7. The van der Waals surface area contributed by atoms with Crippen LogP contribution in [0.15, 0.2) is 69.8 Å². The predicted molar refractivity (Wildman–Crippen MR) is 117 cm³/mol. The maximum atomic E-state index is 11.9. The zero-order valence-electron chi connectivity index (χ0n) is 15.0. The van der Waals surface area contributed by atoms with Gasteiger partial charge in [-0.1, -0.05) is 30.3 Å². The molecule has 0 atom stereocenters. The van der Waals surface area contributed by atoms with E-state index in [0.717, 1.165) is 15.2 Å². The standard InChI is InChI=1S/C20H16BrN3O4S/c21-19-15-6-2-1-4-13(15)7-9-16(19)28-12-18(26)23-24-20(29)22-17(25)10-8-14-5-3-11-27-14/h1-11H,12H2,(H,23,26)(H2,22,24,25,29). The average Bonchev–Trinajstić information content (AvgIpc) is 3.24. The molecule has 0 saturated carbocycles. The lowest BCUT2D eigenvalue weighted by molar-refractivity contribution is -0.123. The van der Waals surface area contributed by atoms with Crippen molar-refractivity contribution in [3.63, 3.8) is 0 Å². The minimum absolute atomic E-state index is 0.0562. The Labute approximate surface area is 180 Å². The van der Waals surface area contributed by atoms with Crippen LogP contribution in [0.3, 0.4) is 0 Å². The van der Waals surface area contributed by atoms with Gasteiger partial charge in [-0.2, -0.15) is 0 Å². The number of furan rings is 1. The molecule has 3 N–H and O–H groups in total. The van der Waals surface area contributed by atoms with Crippen molar-refractivity contribution in [3.8, 4) is 5.75 Å². The summed E-state index contributed by atoms with van der Waals surface area (Å²) in [6.07, 6.45) is 4.25. The van der Waals surface area contributed by atoms with Crippen LogP contribution in [0, 0.1) is 0 Å². The summed E-state index contributed by atoms with van der Waals surface area (Å²) in [6.45, 7) is -0.237. The molecule has 0 fully saturated rings. The number of hydrazine groups is 1. The van der Waals surface area contributed by atoms with Gasteiger partial charge in [-0.25, -0.2) is 0 Å². The quantitative estimate of drug-likeness (QED) is 0.299. The predicted octanol–water partition coefficient (Wildman–Crippen LogP) is 3.31. The first-order valence-electron chi connectivity index (χ1n) is 8.44. The molecule has 0 spiro atoms.